The molecule has 0 bridgehead atoms. The fourth-order valence-electron chi connectivity index (χ4n) is 2.88. The normalized spacial score (nSPS) is 18.5. The molecule has 2 rings (SSSR count). The minimum absolute atomic E-state index is 0.450. The zero-order valence-electron chi connectivity index (χ0n) is 12.6. The van der Waals surface area contributed by atoms with E-state index in [0.29, 0.717) is 11.3 Å². The summed E-state index contributed by atoms with van der Waals surface area (Å²) in [6.07, 6.45) is 4.45. The molecule has 0 unspecified atom stereocenters. The van der Waals surface area contributed by atoms with E-state index in [4.69, 9.17) is 4.74 Å². The summed E-state index contributed by atoms with van der Waals surface area (Å²) in [4.78, 5) is 6.69. The Morgan fingerprint density at radius 1 is 1.32 bits per heavy atom. The maximum absolute atomic E-state index is 5.18. The molecule has 1 aromatic heterocycles. The molecule has 1 fully saturated rings. The SMILES string of the molecule is COc1cc(CN2CCC(C(C)(C)C)CC2)ccn1. The average molecular weight is 262 g/mol. The summed E-state index contributed by atoms with van der Waals surface area (Å²) in [7, 11) is 1.67. The number of hydrogen-bond donors (Lipinski definition) is 0. The summed E-state index contributed by atoms with van der Waals surface area (Å²) >= 11 is 0. The molecule has 1 aliphatic rings. The van der Waals surface area contributed by atoms with E-state index in [1.54, 1.807) is 7.11 Å². The molecule has 0 aliphatic carbocycles. The van der Waals surface area contributed by atoms with Crippen LogP contribution in [0.4, 0.5) is 0 Å². The van der Waals surface area contributed by atoms with Crippen molar-refractivity contribution in [2.45, 2.75) is 40.2 Å². The number of rotatable bonds is 3. The highest BCUT2D eigenvalue weighted by Gasteiger charge is 2.28. The molecule has 0 saturated carbocycles. The largest absolute Gasteiger partial charge is 0.481 e. The Morgan fingerprint density at radius 2 is 2.00 bits per heavy atom. The highest BCUT2D eigenvalue weighted by molar-refractivity contribution is 5.20. The first-order chi connectivity index (χ1) is 8.99. The third kappa shape index (κ3) is 3.93. The van der Waals surface area contributed by atoms with Gasteiger partial charge >= 0.3 is 0 Å². The molecule has 3 nitrogen and oxygen atoms in total. The lowest BCUT2D eigenvalue weighted by molar-refractivity contribution is 0.108. The number of pyridine rings is 1. The van der Waals surface area contributed by atoms with Crippen molar-refractivity contribution in [2.24, 2.45) is 11.3 Å². The number of piperidine rings is 1. The summed E-state index contributed by atoms with van der Waals surface area (Å²) in [6, 6.07) is 4.12. The van der Waals surface area contributed by atoms with E-state index in [2.05, 4.69) is 36.7 Å². The predicted molar refractivity (Wildman–Crippen MR) is 78.2 cm³/mol. The molecular weight excluding hydrogens is 236 g/mol. The van der Waals surface area contributed by atoms with Crippen LogP contribution in [0.1, 0.15) is 39.2 Å². The molecule has 0 amide bonds. The zero-order valence-corrected chi connectivity index (χ0v) is 12.6. The van der Waals surface area contributed by atoms with Gasteiger partial charge in [0.25, 0.3) is 0 Å². The Labute approximate surface area is 117 Å². The van der Waals surface area contributed by atoms with Crippen molar-refractivity contribution < 1.29 is 4.74 Å². The second kappa shape index (κ2) is 5.91. The summed E-state index contributed by atoms with van der Waals surface area (Å²) in [6.45, 7) is 10.5. The summed E-state index contributed by atoms with van der Waals surface area (Å²) in [5.41, 5.74) is 1.74. The Morgan fingerprint density at radius 3 is 2.58 bits per heavy atom. The molecule has 1 aromatic rings. The second-order valence-corrected chi connectivity index (χ2v) is 6.62. The number of methoxy groups -OCH3 is 1. The number of ether oxygens (including phenoxy) is 1. The molecular formula is C16H26N2O. The Bertz CT molecular complexity index is 403. The molecule has 3 heteroatoms. The van der Waals surface area contributed by atoms with Crippen LogP contribution in [0, 0.1) is 11.3 Å². The number of aromatic nitrogens is 1. The van der Waals surface area contributed by atoms with Crippen molar-refractivity contribution in [3.05, 3.63) is 23.9 Å². The van der Waals surface area contributed by atoms with Gasteiger partial charge in [-0.15, -0.1) is 0 Å². The summed E-state index contributed by atoms with van der Waals surface area (Å²) < 4.78 is 5.18. The third-order valence-electron chi connectivity index (χ3n) is 4.23. The average Bonchev–Trinajstić information content (AvgIpc) is 2.38. The topological polar surface area (TPSA) is 25.4 Å². The molecule has 1 saturated heterocycles. The fraction of sp³-hybridized carbons (Fsp3) is 0.688. The lowest BCUT2D eigenvalue weighted by Gasteiger charge is -2.38. The maximum Gasteiger partial charge on any atom is 0.213 e. The molecule has 2 heterocycles. The van der Waals surface area contributed by atoms with Crippen molar-refractivity contribution >= 4 is 0 Å². The van der Waals surface area contributed by atoms with Crippen molar-refractivity contribution in [1.29, 1.82) is 0 Å². The molecule has 0 atom stereocenters. The minimum Gasteiger partial charge on any atom is -0.481 e. The highest BCUT2D eigenvalue weighted by Crippen LogP contribution is 2.34. The number of hydrogen-bond acceptors (Lipinski definition) is 3. The fourth-order valence-corrected chi connectivity index (χ4v) is 2.88. The summed E-state index contributed by atoms with van der Waals surface area (Å²) in [5, 5.41) is 0. The van der Waals surface area contributed by atoms with Crippen LogP contribution in [0.25, 0.3) is 0 Å². The van der Waals surface area contributed by atoms with Gasteiger partial charge in [-0.25, -0.2) is 4.98 Å². The predicted octanol–water partition coefficient (Wildman–Crippen LogP) is 3.35. The smallest absolute Gasteiger partial charge is 0.213 e. The van der Waals surface area contributed by atoms with Gasteiger partial charge in [-0.2, -0.15) is 0 Å². The van der Waals surface area contributed by atoms with E-state index >= 15 is 0 Å². The van der Waals surface area contributed by atoms with Gasteiger partial charge in [0.05, 0.1) is 7.11 Å². The Balaban J connectivity index is 1.88. The number of nitrogens with zero attached hydrogens (tertiary/aromatic N) is 2. The van der Waals surface area contributed by atoms with Crippen molar-refractivity contribution in [1.82, 2.24) is 9.88 Å². The Kier molecular flexibility index (Phi) is 4.46. The zero-order chi connectivity index (χ0) is 13.9. The van der Waals surface area contributed by atoms with Gasteiger partial charge in [0.15, 0.2) is 0 Å². The van der Waals surface area contributed by atoms with Crippen LogP contribution in [0.15, 0.2) is 18.3 Å². The van der Waals surface area contributed by atoms with Gasteiger partial charge in [-0.3, -0.25) is 4.90 Å². The van der Waals surface area contributed by atoms with E-state index in [9.17, 15) is 0 Å². The van der Waals surface area contributed by atoms with Crippen molar-refractivity contribution in [2.75, 3.05) is 20.2 Å². The standard InChI is InChI=1S/C16H26N2O/c1-16(2,3)14-6-9-18(10-7-14)12-13-5-8-17-15(11-13)19-4/h5,8,11,14H,6-7,9-10,12H2,1-4H3. The second-order valence-electron chi connectivity index (χ2n) is 6.62. The third-order valence-corrected chi connectivity index (χ3v) is 4.23. The van der Waals surface area contributed by atoms with E-state index in [-0.39, 0.29) is 0 Å². The quantitative estimate of drug-likeness (QED) is 0.835. The van der Waals surface area contributed by atoms with Crippen LogP contribution in [0.5, 0.6) is 5.88 Å². The van der Waals surface area contributed by atoms with Crippen LogP contribution >= 0.6 is 0 Å². The first-order valence-corrected chi connectivity index (χ1v) is 7.20. The van der Waals surface area contributed by atoms with E-state index < -0.39 is 0 Å². The van der Waals surface area contributed by atoms with Crippen LogP contribution in [-0.4, -0.2) is 30.1 Å². The van der Waals surface area contributed by atoms with Gasteiger partial charge in [0.2, 0.25) is 5.88 Å². The van der Waals surface area contributed by atoms with Gasteiger partial charge in [-0.1, -0.05) is 20.8 Å². The molecule has 106 valence electrons. The van der Waals surface area contributed by atoms with Gasteiger partial charge in [-0.05, 0) is 48.9 Å². The van der Waals surface area contributed by atoms with E-state index in [1.807, 2.05) is 12.3 Å². The van der Waals surface area contributed by atoms with Gasteiger partial charge < -0.3 is 4.74 Å². The lowest BCUT2D eigenvalue weighted by atomic mass is 9.75. The van der Waals surface area contributed by atoms with Crippen LogP contribution in [-0.2, 0) is 6.54 Å². The molecule has 0 radical (unpaired) electrons. The van der Waals surface area contributed by atoms with Crippen LogP contribution in [0.2, 0.25) is 0 Å². The van der Waals surface area contributed by atoms with E-state index in [0.717, 1.165) is 12.5 Å². The van der Waals surface area contributed by atoms with Crippen molar-refractivity contribution in [3.63, 3.8) is 0 Å². The van der Waals surface area contributed by atoms with Crippen LogP contribution < -0.4 is 4.74 Å². The molecule has 0 spiro atoms. The van der Waals surface area contributed by atoms with Gasteiger partial charge in [0, 0.05) is 18.8 Å². The molecule has 1 aliphatic heterocycles. The van der Waals surface area contributed by atoms with Gasteiger partial charge in [0.1, 0.15) is 0 Å². The molecule has 0 N–H and O–H groups in total. The highest BCUT2D eigenvalue weighted by atomic mass is 16.5. The number of likely N-dealkylation sites (tertiary alicyclic amines) is 1. The first-order valence-electron chi connectivity index (χ1n) is 7.20. The lowest BCUT2D eigenvalue weighted by Crippen LogP contribution is -2.37. The Hall–Kier alpha value is -1.09. The molecule has 19 heavy (non-hydrogen) atoms. The van der Waals surface area contributed by atoms with Crippen molar-refractivity contribution in [3.8, 4) is 5.88 Å². The first kappa shape index (κ1) is 14.3. The van der Waals surface area contributed by atoms with E-state index in [1.165, 1.54) is 31.5 Å². The monoisotopic (exact) mass is 262 g/mol. The van der Waals surface area contributed by atoms with Crippen LogP contribution in [0.3, 0.4) is 0 Å². The minimum atomic E-state index is 0.450. The molecule has 0 aromatic carbocycles. The maximum atomic E-state index is 5.18. The summed E-state index contributed by atoms with van der Waals surface area (Å²) in [5.74, 6) is 1.57.